The van der Waals surface area contributed by atoms with Gasteiger partial charge in [0, 0.05) is 0 Å². The van der Waals surface area contributed by atoms with Crippen molar-refractivity contribution in [3.8, 4) is 0 Å². The first-order valence-corrected chi connectivity index (χ1v) is 17.9. The molecular formula is C9H9Br2O2Zn. The van der Waals surface area contributed by atoms with E-state index in [0.29, 0.717) is 12.2 Å². The van der Waals surface area contributed by atoms with Gasteiger partial charge < -0.3 is 4.74 Å². The number of halogens is 2. The minimum atomic E-state index is -0.276. The Kier molecular flexibility index (Phi) is 10.0. The van der Waals surface area contributed by atoms with Crippen molar-refractivity contribution < 1.29 is 22.7 Å². The summed E-state index contributed by atoms with van der Waals surface area (Å²) in [7, 11) is 0. The fraction of sp³-hybridized carbons (Fsp3) is 0.222. The number of carbonyl (C=O) groups is 1. The second-order valence-electron chi connectivity index (χ2n) is 2.11. The summed E-state index contributed by atoms with van der Waals surface area (Å²) in [6.07, 6.45) is 0. The Hall–Kier alpha value is 0.273. The Morgan fingerprint density at radius 2 is 2.00 bits per heavy atom. The Morgan fingerprint density at radius 1 is 1.50 bits per heavy atom. The molecule has 0 amide bonds. The summed E-state index contributed by atoms with van der Waals surface area (Å²) in [5.41, 5.74) is 0.575. The number of hydrogen-bond acceptors (Lipinski definition) is 2. The molecule has 1 rings (SSSR count). The summed E-state index contributed by atoms with van der Waals surface area (Å²) >= 11 is 6.25. The number of carbonyl (C=O) groups excluding carboxylic acids is 1. The molecule has 0 heterocycles. The number of hydrogen-bond donors (Lipinski definition) is 0. The van der Waals surface area contributed by atoms with Crippen molar-refractivity contribution in [2.75, 3.05) is 6.61 Å². The predicted molar refractivity (Wildman–Crippen MR) is 59.1 cm³/mol. The van der Waals surface area contributed by atoms with Crippen LogP contribution in [0.5, 0.6) is 0 Å². The van der Waals surface area contributed by atoms with Crippen LogP contribution in [0.2, 0.25) is 0 Å². The van der Waals surface area contributed by atoms with Gasteiger partial charge in [0.05, 0.1) is 12.2 Å². The van der Waals surface area contributed by atoms with Gasteiger partial charge in [-0.15, -0.1) is 0 Å². The van der Waals surface area contributed by atoms with Gasteiger partial charge >= 0.3 is 46.4 Å². The number of ether oxygens (including phenoxy) is 1. The van der Waals surface area contributed by atoms with E-state index in [9.17, 15) is 4.79 Å². The van der Waals surface area contributed by atoms with Gasteiger partial charge in [-0.2, -0.15) is 0 Å². The van der Waals surface area contributed by atoms with Crippen LogP contribution in [0, 0.1) is 6.07 Å². The molecule has 0 saturated heterocycles. The van der Waals surface area contributed by atoms with E-state index in [-0.39, 0.29) is 19.2 Å². The monoisotopic (exact) mass is 371 g/mol. The summed E-state index contributed by atoms with van der Waals surface area (Å²) in [6, 6.07) is 9.55. The van der Waals surface area contributed by atoms with Crippen LogP contribution in [0.3, 0.4) is 0 Å². The molecule has 0 saturated carbocycles. The maximum absolute atomic E-state index is 11.0. The third-order valence-corrected chi connectivity index (χ3v) is 1.23. The molecule has 0 aliphatic carbocycles. The number of esters is 1. The minimum absolute atomic E-state index is 0.250. The van der Waals surface area contributed by atoms with E-state index in [4.69, 9.17) is 4.74 Å². The van der Waals surface area contributed by atoms with Gasteiger partial charge in [-0.1, -0.05) is 12.1 Å². The maximum atomic E-state index is 11.0. The van der Waals surface area contributed by atoms with Gasteiger partial charge in [0.15, 0.2) is 0 Å². The van der Waals surface area contributed by atoms with Crippen LogP contribution in [-0.2, 0) is 17.9 Å². The van der Waals surface area contributed by atoms with E-state index < -0.39 is 0 Å². The Bertz CT molecular complexity index is 254. The van der Waals surface area contributed by atoms with Crippen LogP contribution in [0.25, 0.3) is 0 Å². The summed E-state index contributed by atoms with van der Waals surface area (Å²) in [4.78, 5) is 11.0. The molecule has 0 fully saturated rings. The van der Waals surface area contributed by atoms with Gasteiger partial charge in [-0.05, 0) is 25.1 Å². The molecule has 0 aliphatic rings. The first kappa shape index (κ1) is 14.3. The molecule has 0 unspecified atom stereocenters. The molecule has 1 radical (unpaired) electrons. The second-order valence-corrected chi connectivity index (χ2v) is 16.2. The molecular weight excluding hydrogens is 365 g/mol. The summed E-state index contributed by atoms with van der Waals surface area (Å²) in [5, 5.41) is 0. The first-order valence-electron chi connectivity index (χ1n) is 4.01. The van der Waals surface area contributed by atoms with Crippen molar-refractivity contribution in [3.05, 3.63) is 35.9 Å². The van der Waals surface area contributed by atoms with E-state index >= 15 is 0 Å². The molecule has 0 atom stereocenters. The fourth-order valence-electron chi connectivity index (χ4n) is 0.737. The van der Waals surface area contributed by atoms with Crippen LogP contribution in [0.1, 0.15) is 17.3 Å². The zero-order chi connectivity index (χ0) is 10.8. The average molecular weight is 374 g/mol. The number of benzene rings is 1. The van der Waals surface area contributed by atoms with E-state index in [1.807, 2.05) is 0 Å². The fourth-order valence-corrected chi connectivity index (χ4v) is 0.737. The number of rotatable bonds is 2. The average Bonchev–Trinajstić information content (AvgIpc) is 2.21. The standard InChI is InChI=1S/C9H9O2.2BrH.Zn/c1-2-11-9(10)8-6-4-3-5-7-8;;;/h4-7H,2H2,1H3;2*1H;/q;;;+2/p-2. The van der Waals surface area contributed by atoms with Gasteiger partial charge in [0.25, 0.3) is 0 Å². The Labute approximate surface area is 105 Å². The molecule has 2 nitrogen and oxygen atoms in total. The summed E-state index contributed by atoms with van der Waals surface area (Å²) in [6.45, 7) is 2.20. The van der Waals surface area contributed by atoms with Gasteiger partial charge in [0.2, 0.25) is 0 Å². The zero-order valence-corrected chi connectivity index (χ0v) is 13.9. The van der Waals surface area contributed by atoms with Crippen LogP contribution in [0.15, 0.2) is 24.3 Å². The van der Waals surface area contributed by atoms with E-state index in [0.717, 1.165) is 0 Å². The molecule has 0 bridgehead atoms. The molecule has 73 valence electrons. The van der Waals surface area contributed by atoms with Crippen molar-refractivity contribution in [3.63, 3.8) is 0 Å². The van der Waals surface area contributed by atoms with Crippen LogP contribution in [0.4, 0.5) is 0 Å². The van der Waals surface area contributed by atoms with Crippen LogP contribution in [-0.4, -0.2) is 12.6 Å². The van der Waals surface area contributed by atoms with Gasteiger partial charge in [-0.3, -0.25) is 0 Å². The molecule has 1 aromatic carbocycles. The zero-order valence-electron chi connectivity index (χ0n) is 7.80. The normalized spacial score (nSPS) is 7.93. The van der Waals surface area contributed by atoms with Gasteiger partial charge in [-0.25, -0.2) is 4.79 Å². The second kappa shape index (κ2) is 9.81. The predicted octanol–water partition coefficient (Wildman–Crippen LogP) is 3.35. The quantitative estimate of drug-likeness (QED) is 0.586. The van der Waals surface area contributed by atoms with E-state index in [1.165, 1.54) is 0 Å². The van der Waals surface area contributed by atoms with E-state index in [1.54, 1.807) is 31.2 Å². The van der Waals surface area contributed by atoms with Crippen LogP contribution >= 0.6 is 27.2 Å². The SMILES string of the molecule is CCOC(=O)c1cc[c]cc1.[Br][Zn][Br]. The van der Waals surface area contributed by atoms with Crippen molar-refractivity contribution in [1.29, 1.82) is 0 Å². The molecule has 14 heavy (non-hydrogen) atoms. The van der Waals surface area contributed by atoms with Gasteiger partial charge in [0.1, 0.15) is 0 Å². The summed E-state index contributed by atoms with van der Waals surface area (Å²) in [5.74, 6) is -0.276. The molecule has 1 aromatic rings. The summed E-state index contributed by atoms with van der Waals surface area (Å²) < 4.78 is 4.78. The van der Waals surface area contributed by atoms with Crippen molar-refractivity contribution in [2.45, 2.75) is 6.92 Å². The molecule has 0 aliphatic heterocycles. The third-order valence-electron chi connectivity index (χ3n) is 1.23. The van der Waals surface area contributed by atoms with Crippen molar-refractivity contribution in [2.24, 2.45) is 0 Å². The van der Waals surface area contributed by atoms with Crippen molar-refractivity contribution >= 4 is 33.2 Å². The Balaban J connectivity index is 0.000000500. The molecule has 0 spiro atoms. The molecule has 0 aromatic heterocycles. The first-order chi connectivity index (χ1) is 6.76. The van der Waals surface area contributed by atoms with E-state index in [2.05, 4.69) is 33.3 Å². The molecule has 5 heteroatoms. The molecule has 0 N–H and O–H groups in total. The third kappa shape index (κ3) is 6.69. The Morgan fingerprint density at radius 3 is 2.43 bits per heavy atom. The van der Waals surface area contributed by atoms with Crippen LogP contribution < -0.4 is 0 Å². The topological polar surface area (TPSA) is 26.3 Å². The van der Waals surface area contributed by atoms with Crippen molar-refractivity contribution in [1.82, 2.24) is 0 Å².